The second-order valence-electron chi connectivity index (χ2n) is 7.10. The van der Waals surface area contributed by atoms with E-state index in [0.717, 1.165) is 11.1 Å². The average molecular weight is 463 g/mol. The van der Waals surface area contributed by atoms with Crippen LogP contribution in [0.1, 0.15) is 16.7 Å². The monoisotopic (exact) mass is 462 g/mol. The fraction of sp³-hybridized carbons (Fsp3) is 0.0400. The summed E-state index contributed by atoms with van der Waals surface area (Å²) in [6, 6.07) is 23.7. The first-order valence-electron chi connectivity index (χ1n) is 9.84. The maximum atomic E-state index is 13.4. The van der Waals surface area contributed by atoms with E-state index in [1.807, 2.05) is 36.4 Å². The number of benzene rings is 3. The second kappa shape index (κ2) is 9.77. The Kier molecular flexibility index (Phi) is 6.63. The van der Waals surface area contributed by atoms with Crippen LogP contribution in [-0.4, -0.2) is 18.2 Å². The Bertz CT molecular complexity index is 1400. The van der Waals surface area contributed by atoms with Crippen LogP contribution in [-0.2, 0) is 16.5 Å². The first-order chi connectivity index (χ1) is 15.5. The van der Waals surface area contributed by atoms with E-state index in [4.69, 9.17) is 11.6 Å². The highest BCUT2D eigenvalue weighted by Crippen LogP contribution is 2.24. The molecular formula is C25H19ClN2O3S. The molecule has 0 aliphatic carbocycles. The molecule has 160 valence electrons. The van der Waals surface area contributed by atoms with Gasteiger partial charge in [0.05, 0.1) is 23.2 Å². The van der Waals surface area contributed by atoms with Crippen LogP contribution in [0.2, 0.25) is 5.02 Å². The smallest absolute Gasteiger partial charge is 0.267 e. The molecule has 0 saturated carbocycles. The van der Waals surface area contributed by atoms with Crippen molar-refractivity contribution in [2.24, 2.45) is 0 Å². The molecule has 0 N–H and O–H groups in total. The van der Waals surface area contributed by atoms with Gasteiger partial charge in [0.15, 0.2) is 0 Å². The molecule has 1 aromatic heterocycles. The number of nitrogens with zero attached hydrogens (tertiary/aromatic N) is 2. The van der Waals surface area contributed by atoms with Crippen molar-refractivity contribution >= 4 is 34.5 Å². The summed E-state index contributed by atoms with van der Waals surface area (Å²) in [5.41, 5.74) is 3.81. The molecule has 0 atom stereocenters. The van der Waals surface area contributed by atoms with E-state index in [2.05, 4.69) is 5.10 Å². The maximum absolute atomic E-state index is 13.4. The van der Waals surface area contributed by atoms with Crippen LogP contribution < -0.4 is 5.56 Å². The lowest BCUT2D eigenvalue weighted by atomic mass is 10.0. The number of hydrogen-bond acceptors (Lipinski definition) is 4. The molecule has 0 unspecified atom stereocenters. The van der Waals surface area contributed by atoms with Crippen molar-refractivity contribution < 1.29 is 8.42 Å². The van der Waals surface area contributed by atoms with E-state index in [1.165, 1.54) is 4.68 Å². The SMILES string of the molecule is O=c1c(C=Cc2ccccc2)c(-c2ccc(C[SH](=O)=O)cc2)cnn1-c1cccc(Cl)c1. The second-order valence-corrected chi connectivity index (χ2v) is 8.52. The zero-order valence-electron chi connectivity index (χ0n) is 16.9. The Labute approximate surface area is 192 Å². The van der Waals surface area contributed by atoms with Crippen LogP contribution in [0.25, 0.3) is 29.0 Å². The average Bonchev–Trinajstić information content (AvgIpc) is 2.79. The lowest BCUT2D eigenvalue weighted by Gasteiger charge is -2.11. The van der Waals surface area contributed by atoms with Crippen molar-refractivity contribution in [2.75, 3.05) is 0 Å². The maximum Gasteiger partial charge on any atom is 0.279 e. The summed E-state index contributed by atoms with van der Waals surface area (Å²) in [5, 5.41) is 4.88. The molecule has 0 fully saturated rings. The van der Waals surface area contributed by atoms with Crippen LogP contribution in [0.15, 0.2) is 89.9 Å². The molecule has 3 aromatic carbocycles. The molecule has 0 aliphatic heterocycles. The van der Waals surface area contributed by atoms with Crippen LogP contribution >= 0.6 is 11.6 Å². The Morgan fingerprint density at radius 1 is 0.906 bits per heavy atom. The predicted molar refractivity (Wildman–Crippen MR) is 130 cm³/mol. The van der Waals surface area contributed by atoms with Gasteiger partial charge in [0.1, 0.15) is 10.7 Å². The van der Waals surface area contributed by atoms with Gasteiger partial charge in [0.25, 0.3) is 5.56 Å². The summed E-state index contributed by atoms with van der Waals surface area (Å²) < 4.78 is 23.3. The minimum absolute atomic E-state index is 0.0228. The Hall–Kier alpha value is -3.48. The number of halogens is 1. The highest BCUT2D eigenvalue weighted by atomic mass is 35.5. The molecule has 0 radical (unpaired) electrons. The quantitative estimate of drug-likeness (QED) is 0.416. The molecule has 32 heavy (non-hydrogen) atoms. The Morgan fingerprint density at radius 3 is 2.34 bits per heavy atom. The fourth-order valence-electron chi connectivity index (χ4n) is 3.33. The van der Waals surface area contributed by atoms with Crippen molar-refractivity contribution in [2.45, 2.75) is 5.75 Å². The minimum atomic E-state index is -2.50. The number of aromatic nitrogens is 2. The Balaban J connectivity index is 1.84. The van der Waals surface area contributed by atoms with Crippen LogP contribution in [0, 0.1) is 0 Å². The molecule has 4 rings (SSSR count). The largest absolute Gasteiger partial charge is 0.279 e. The third-order valence-corrected chi connectivity index (χ3v) is 5.75. The van der Waals surface area contributed by atoms with E-state index < -0.39 is 10.7 Å². The summed E-state index contributed by atoms with van der Waals surface area (Å²) in [4.78, 5) is 13.4. The molecule has 0 saturated heterocycles. The molecule has 7 heteroatoms. The highest BCUT2D eigenvalue weighted by molar-refractivity contribution is 7.71. The minimum Gasteiger partial charge on any atom is -0.267 e. The number of hydrogen-bond donors (Lipinski definition) is 1. The molecule has 4 aromatic rings. The standard InChI is InChI=1S/C25H19ClN2O3S/c26-21-7-4-8-22(15-21)28-25(29)23(14-11-18-5-2-1-3-6-18)24(16-27-28)20-12-9-19(10-13-20)17-32(30)31/h1-16,32H,17H2. The summed E-state index contributed by atoms with van der Waals surface area (Å²) >= 11 is 6.11. The van der Waals surface area contributed by atoms with E-state index >= 15 is 0 Å². The van der Waals surface area contributed by atoms with Gasteiger partial charge in [-0.05, 0) is 41.0 Å². The molecule has 0 aliphatic rings. The van der Waals surface area contributed by atoms with E-state index in [0.29, 0.717) is 27.4 Å². The summed E-state index contributed by atoms with van der Waals surface area (Å²) in [6.45, 7) is 0. The highest BCUT2D eigenvalue weighted by Gasteiger charge is 2.13. The lowest BCUT2D eigenvalue weighted by molar-refractivity contribution is 0.614. The van der Waals surface area contributed by atoms with Crippen LogP contribution in [0.5, 0.6) is 0 Å². The zero-order chi connectivity index (χ0) is 22.5. The van der Waals surface area contributed by atoms with E-state index in [-0.39, 0.29) is 11.3 Å². The summed E-state index contributed by atoms with van der Waals surface area (Å²) in [5.74, 6) is -0.0228. The van der Waals surface area contributed by atoms with Gasteiger partial charge in [0.2, 0.25) is 0 Å². The van der Waals surface area contributed by atoms with Crippen LogP contribution in [0.3, 0.4) is 0 Å². The summed E-state index contributed by atoms with van der Waals surface area (Å²) in [6.07, 6.45) is 5.28. The van der Waals surface area contributed by atoms with E-state index in [9.17, 15) is 13.2 Å². The molecule has 0 bridgehead atoms. The topological polar surface area (TPSA) is 69.0 Å². The van der Waals surface area contributed by atoms with Gasteiger partial charge in [-0.3, -0.25) is 4.79 Å². The summed E-state index contributed by atoms with van der Waals surface area (Å²) in [7, 11) is -2.50. The Morgan fingerprint density at radius 2 is 1.66 bits per heavy atom. The van der Waals surface area contributed by atoms with Crippen molar-refractivity contribution in [3.8, 4) is 16.8 Å². The third kappa shape index (κ3) is 5.04. The van der Waals surface area contributed by atoms with Gasteiger partial charge < -0.3 is 0 Å². The first-order valence-corrected chi connectivity index (χ1v) is 11.6. The molecule has 5 nitrogen and oxygen atoms in total. The molecular weight excluding hydrogens is 444 g/mol. The number of rotatable bonds is 6. The van der Waals surface area contributed by atoms with Crippen molar-refractivity contribution in [1.29, 1.82) is 0 Å². The molecule has 1 heterocycles. The van der Waals surface area contributed by atoms with Crippen molar-refractivity contribution in [3.63, 3.8) is 0 Å². The van der Waals surface area contributed by atoms with Gasteiger partial charge in [-0.1, -0.05) is 78.3 Å². The fourth-order valence-corrected chi connectivity index (χ4v) is 4.03. The van der Waals surface area contributed by atoms with Crippen molar-refractivity contribution in [1.82, 2.24) is 9.78 Å². The van der Waals surface area contributed by atoms with Crippen molar-refractivity contribution in [3.05, 3.63) is 117 Å². The number of thiol groups is 1. The third-order valence-electron chi connectivity index (χ3n) is 4.89. The van der Waals surface area contributed by atoms with Gasteiger partial charge in [-0.15, -0.1) is 0 Å². The van der Waals surface area contributed by atoms with Gasteiger partial charge in [-0.25, -0.2) is 8.42 Å². The lowest BCUT2D eigenvalue weighted by Crippen LogP contribution is -2.23. The van der Waals surface area contributed by atoms with Crippen LogP contribution in [0.4, 0.5) is 0 Å². The van der Waals surface area contributed by atoms with E-state index in [1.54, 1.807) is 60.8 Å². The predicted octanol–water partition coefficient (Wildman–Crippen LogP) is 4.83. The van der Waals surface area contributed by atoms with Gasteiger partial charge >= 0.3 is 0 Å². The van der Waals surface area contributed by atoms with Gasteiger partial charge in [0, 0.05) is 10.6 Å². The normalized spacial score (nSPS) is 11.3. The zero-order valence-corrected chi connectivity index (χ0v) is 18.5. The molecule has 0 spiro atoms. The molecule has 0 amide bonds. The van der Waals surface area contributed by atoms with Gasteiger partial charge in [-0.2, -0.15) is 9.78 Å². The first kappa shape index (κ1) is 21.7.